The molecule has 1 aliphatic heterocycles. The molecular weight excluding hydrogens is 266 g/mol. The van der Waals surface area contributed by atoms with Crippen LogP contribution in [0.25, 0.3) is 0 Å². The van der Waals surface area contributed by atoms with Crippen LogP contribution in [0.5, 0.6) is 0 Å². The lowest BCUT2D eigenvalue weighted by Crippen LogP contribution is -2.44. The predicted molar refractivity (Wildman–Crippen MR) is 81.4 cm³/mol. The Hall–Kier alpha value is -1.84. The number of aromatic carboxylic acids is 1. The van der Waals surface area contributed by atoms with Crippen LogP contribution in [-0.4, -0.2) is 34.5 Å². The summed E-state index contributed by atoms with van der Waals surface area (Å²) < 4.78 is 0. The van der Waals surface area contributed by atoms with E-state index < -0.39 is 5.97 Å². The number of carbonyl (C=O) groups is 2. The summed E-state index contributed by atoms with van der Waals surface area (Å²) >= 11 is 0. The highest BCUT2D eigenvalue weighted by atomic mass is 16.4. The van der Waals surface area contributed by atoms with Gasteiger partial charge in [-0.1, -0.05) is 31.5 Å². The minimum absolute atomic E-state index is 0.0573. The summed E-state index contributed by atoms with van der Waals surface area (Å²) in [6.45, 7) is 2.94. The van der Waals surface area contributed by atoms with Crippen molar-refractivity contribution in [3.63, 3.8) is 0 Å². The zero-order chi connectivity index (χ0) is 15.2. The van der Waals surface area contributed by atoms with Crippen molar-refractivity contribution >= 4 is 11.9 Å². The van der Waals surface area contributed by atoms with Crippen LogP contribution in [0.1, 0.15) is 54.9 Å². The highest BCUT2D eigenvalue weighted by Gasteiger charge is 2.26. The highest BCUT2D eigenvalue weighted by Crippen LogP contribution is 2.22. The van der Waals surface area contributed by atoms with E-state index in [4.69, 9.17) is 0 Å². The quantitative estimate of drug-likeness (QED) is 0.906. The van der Waals surface area contributed by atoms with Gasteiger partial charge < -0.3 is 10.0 Å². The van der Waals surface area contributed by atoms with Gasteiger partial charge in [-0.05, 0) is 37.3 Å². The van der Waals surface area contributed by atoms with E-state index >= 15 is 0 Å². The molecule has 1 aromatic rings. The van der Waals surface area contributed by atoms with E-state index in [0.717, 1.165) is 32.2 Å². The van der Waals surface area contributed by atoms with Crippen molar-refractivity contribution < 1.29 is 14.7 Å². The molecule has 0 aromatic heterocycles. The molecular formula is C17H23NO3. The van der Waals surface area contributed by atoms with Crippen LogP contribution in [0.3, 0.4) is 0 Å². The van der Waals surface area contributed by atoms with Crippen molar-refractivity contribution in [3.8, 4) is 0 Å². The lowest BCUT2D eigenvalue weighted by atomic mass is 9.96. The van der Waals surface area contributed by atoms with Gasteiger partial charge in [-0.25, -0.2) is 4.79 Å². The van der Waals surface area contributed by atoms with Crippen LogP contribution in [0, 0.1) is 0 Å². The van der Waals surface area contributed by atoms with Crippen LogP contribution in [0.2, 0.25) is 0 Å². The fourth-order valence-electron chi connectivity index (χ4n) is 3.11. The molecule has 1 unspecified atom stereocenters. The number of hydrogen-bond acceptors (Lipinski definition) is 2. The third-order valence-electron chi connectivity index (χ3n) is 4.16. The predicted octanol–water partition coefficient (Wildman–Crippen LogP) is 3.11. The molecule has 1 saturated heterocycles. The van der Waals surface area contributed by atoms with Crippen molar-refractivity contribution in [1.29, 1.82) is 0 Å². The first-order valence-electron chi connectivity index (χ1n) is 7.74. The average Bonchev–Trinajstić information content (AvgIpc) is 2.48. The Kier molecular flexibility index (Phi) is 5.37. The fourth-order valence-corrected chi connectivity index (χ4v) is 3.11. The molecule has 1 aliphatic rings. The minimum atomic E-state index is -0.970. The Balaban J connectivity index is 2.11. The number of carbonyl (C=O) groups excluding carboxylic acids is 1. The van der Waals surface area contributed by atoms with Crippen LogP contribution in [0.4, 0.5) is 0 Å². The second-order valence-corrected chi connectivity index (χ2v) is 5.66. The Bertz CT molecular complexity index is 511. The maximum atomic E-state index is 12.6. The van der Waals surface area contributed by atoms with E-state index in [9.17, 15) is 14.7 Å². The van der Waals surface area contributed by atoms with Gasteiger partial charge in [0.1, 0.15) is 0 Å². The number of amides is 1. The van der Waals surface area contributed by atoms with E-state index in [-0.39, 0.29) is 17.9 Å². The maximum absolute atomic E-state index is 12.6. The molecule has 0 radical (unpaired) electrons. The van der Waals surface area contributed by atoms with Gasteiger partial charge in [-0.2, -0.15) is 0 Å². The largest absolute Gasteiger partial charge is 0.478 e. The van der Waals surface area contributed by atoms with Crippen molar-refractivity contribution in [2.45, 2.75) is 51.5 Å². The van der Waals surface area contributed by atoms with E-state index in [1.54, 1.807) is 24.3 Å². The first-order chi connectivity index (χ1) is 10.1. The molecule has 21 heavy (non-hydrogen) atoms. The molecule has 0 bridgehead atoms. The number of benzene rings is 1. The molecule has 0 saturated carbocycles. The minimum Gasteiger partial charge on any atom is -0.478 e. The molecule has 1 fully saturated rings. The molecule has 1 N–H and O–H groups in total. The maximum Gasteiger partial charge on any atom is 0.335 e. The second-order valence-electron chi connectivity index (χ2n) is 5.66. The number of carboxylic acids is 1. The SMILES string of the molecule is CCCC1CCCCN1C(=O)Cc1ccccc1C(=O)O. The summed E-state index contributed by atoms with van der Waals surface area (Å²) in [6.07, 6.45) is 5.59. The zero-order valence-electron chi connectivity index (χ0n) is 12.5. The number of hydrogen-bond donors (Lipinski definition) is 1. The summed E-state index contributed by atoms with van der Waals surface area (Å²) in [5.41, 5.74) is 0.839. The summed E-state index contributed by atoms with van der Waals surface area (Å²) in [4.78, 5) is 25.7. The molecule has 1 aromatic carbocycles. The van der Waals surface area contributed by atoms with Gasteiger partial charge >= 0.3 is 5.97 Å². The lowest BCUT2D eigenvalue weighted by molar-refractivity contribution is -0.134. The molecule has 4 heteroatoms. The van der Waals surface area contributed by atoms with Crippen LogP contribution in [0.15, 0.2) is 24.3 Å². The number of likely N-dealkylation sites (tertiary alicyclic amines) is 1. The first-order valence-corrected chi connectivity index (χ1v) is 7.74. The van der Waals surface area contributed by atoms with Crippen molar-refractivity contribution in [2.24, 2.45) is 0 Å². The van der Waals surface area contributed by atoms with Gasteiger partial charge in [-0.15, -0.1) is 0 Å². The molecule has 4 nitrogen and oxygen atoms in total. The lowest BCUT2D eigenvalue weighted by Gasteiger charge is -2.36. The zero-order valence-corrected chi connectivity index (χ0v) is 12.5. The van der Waals surface area contributed by atoms with Crippen molar-refractivity contribution in [3.05, 3.63) is 35.4 Å². The summed E-state index contributed by atoms with van der Waals surface area (Å²) in [7, 11) is 0. The van der Waals surface area contributed by atoms with Gasteiger partial charge in [-0.3, -0.25) is 4.79 Å². The summed E-state index contributed by atoms with van der Waals surface area (Å²) in [5.74, 6) is -0.913. The second kappa shape index (κ2) is 7.25. The summed E-state index contributed by atoms with van der Waals surface area (Å²) in [6, 6.07) is 7.10. The number of nitrogens with zero attached hydrogens (tertiary/aromatic N) is 1. The third kappa shape index (κ3) is 3.84. The normalized spacial score (nSPS) is 18.5. The van der Waals surface area contributed by atoms with Gasteiger partial charge in [0.25, 0.3) is 0 Å². The molecule has 1 atom stereocenters. The smallest absolute Gasteiger partial charge is 0.335 e. The summed E-state index contributed by atoms with van der Waals surface area (Å²) in [5, 5.41) is 9.20. The van der Waals surface area contributed by atoms with E-state index in [1.807, 2.05) is 4.90 Å². The molecule has 2 rings (SSSR count). The van der Waals surface area contributed by atoms with Gasteiger partial charge in [0.15, 0.2) is 0 Å². The number of carboxylic acid groups (broad SMARTS) is 1. The van der Waals surface area contributed by atoms with Crippen LogP contribution in [-0.2, 0) is 11.2 Å². The Morgan fingerprint density at radius 2 is 2.05 bits per heavy atom. The Morgan fingerprint density at radius 1 is 1.29 bits per heavy atom. The van der Waals surface area contributed by atoms with Crippen molar-refractivity contribution in [2.75, 3.05) is 6.54 Å². The molecule has 0 aliphatic carbocycles. The molecule has 1 amide bonds. The average molecular weight is 289 g/mol. The van der Waals surface area contributed by atoms with Crippen LogP contribution >= 0.6 is 0 Å². The number of piperidine rings is 1. The monoisotopic (exact) mass is 289 g/mol. The van der Waals surface area contributed by atoms with Gasteiger partial charge in [0.2, 0.25) is 5.91 Å². The topological polar surface area (TPSA) is 57.6 Å². The third-order valence-corrected chi connectivity index (χ3v) is 4.16. The standard InChI is InChI=1S/C17H23NO3/c1-2-7-14-9-5-6-11-18(14)16(19)12-13-8-3-4-10-15(13)17(20)21/h3-4,8,10,14H,2,5-7,9,11-12H2,1H3,(H,20,21). The highest BCUT2D eigenvalue weighted by molar-refractivity contribution is 5.91. The van der Waals surface area contributed by atoms with E-state index in [1.165, 1.54) is 6.42 Å². The van der Waals surface area contributed by atoms with Crippen LogP contribution < -0.4 is 0 Å². The van der Waals surface area contributed by atoms with Gasteiger partial charge in [0.05, 0.1) is 12.0 Å². The Labute approximate surface area is 125 Å². The molecule has 0 spiro atoms. The molecule has 1 heterocycles. The Morgan fingerprint density at radius 3 is 2.76 bits per heavy atom. The molecule has 114 valence electrons. The first kappa shape index (κ1) is 15.5. The van der Waals surface area contributed by atoms with Gasteiger partial charge in [0, 0.05) is 12.6 Å². The van der Waals surface area contributed by atoms with E-state index in [0.29, 0.717) is 11.6 Å². The fraction of sp³-hybridized carbons (Fsp3) is 0.529. The number of rotatable bonds is 5. The van der Waals surface area contributed by atoms with Crippen molar-refractivity contribution in [1.82, 2.24) is 4.90 Å². The van der Waals surface area contributed by atoms with E-state index in [2.05, 4.69) is 6.92 Å².